The summed E-state index contributed by atoms with van der Waals surface area (Å²) in [5.74, 6) is -1.84. The summed E-state index contributed by atoms with van der Waals surface area (Å²) in [7, 11) is 1.36. The van der Waals surface area contributed by atoms with E-state index in [1.165, 1.54) is 13.2 Å². The molecule has 172 valence electrons. The molecule has 0 aromatic carbocycles. The monoisotopic (exact) mass is 428 g/mol. The zero-order valence-corrected chi connectivity index (χ0v) is 18.3. The standard InChI is InChI=1S/C23H37FO6/c1-4-5-9-19(24)20(25)11-10-16-17-12-15(8-6-7-14(2)22(26)27)30-21(17)13-18(16)23(28)29-3/h10-11,14-21,25H,4-9,12-13H2,1-3H3,(H,26,27)/b11-10+/t14?,15-,16+,17+,18+,19+,20+,21-/m0/s1. The molecular weight excluding hydrogens is 391 g/mol. The van der Waals surface area contributed by atoms with Gasteiger partial charge in [-0.05, 0) is 43.9 Å². The van der Waals surface area contributed by atoms with Crippen molar-refractivity contribution in [2.45, 2.75) is 89.7 Å². The highest BCUT2D eigenvalue weighted by Gasteiger charge is 2.51. The van der Waals surface area contributed by atoms with E-state index in [9.17, 15) is 19.1 Å². The third kappa shape index (κ3) is 6.51. The van der Waals surface area contributed by atoms with Crippen LogP contribution >= 0.6 is 0 Å². The Hall–Kier alpha value is -1.47. The molecule has 2 aliphatic rings. The van der Waals surface area contributed by atoms with Gasteiger partial charge in [-0.1, -0.05) is 45.3 Å². The molecule has 2 rings (SSSR count). The predicted octanol–water partition coefficient (Wildman–Crippen LogP) is 3.91. The lowest BCUT2D eigenvalue weighted by molar-refractivity contribution is -0.146. The van der Waals surface area contributed by atoms with Crippen LogP contribution < -0.4 is 0 Å². The summed E-state index contributed by atoms with van der Waals surface area (Å²) in [6, 6.07) is 0. The number of rotatable bonds is 12. The number of unbranched alkanes of at least 4 members (excludes halogenated alkanes) is 1. The van der Waals surface area contributed by atoms with Crippen molar-refractivity contribution in [1.29, 1.82) is 0 Å². The SMILES string of the molecule is CCCC[C@@H](F)[C@H](O)/C=C/[C@@H]1[C@H]2C[C@H](CCCC(C)C(=O)O)O[C@H]2C[C@H]1C(=O)OC. The van der Waals surface area contributed by atoms with Gasteiger partial charge in [0.2, 0.25) is 0 Å². The molecule has 0 aromatic rings. The number of methoxy groups -OCH3 is 1. The number of carbonyl (C=O) groups is 2. The third-order valence-electron chi connectivity index (χ3n) is 6.65. The molecule has 8 atom stereocenters. The Labute approximate surface area is 178 Å². The van der Waals surface area contributed by atoms with Crippen LogP contribution in [0.2, 0.25) is 0 Å². The Morgan fingerprint density at radius 3 is 2.63 bits per heavy atom. The molecule has 1 saturated carbocycles. The van der Waals surface area contributed by atoms with E-state index in [1.807, 2.05) is 6.92 Å². The van der Waals surface area contributed by atoms with Crippen molar-refractivity contribution in [3.8, 4) is 0 Å². The fourth-order valence-corrected chi connectivity index (χ4v) is 4.78. The van der Waals surface area contributed by atoms with E-state index in [4.69, 9.17) is 14.6 Å². The fraction of sp³-hybridized carbons (Fsp3) is 0.826. The van der Waals surface area contributed by atoms with Crippen molar-refractivity contribution in [3.05, 3.63) is 12.2 Å². The molecule has 0 spiro atoms. The maximum absolute atomic E-state index is 14.1. The van der Waals surface area contributed by atoms with Gasteiger partial charge in [0.1, 0.15) is 12.3 Å². The summed E-state index contributed by atoms with van der Waals surface area (Å²) in [6.07, 6.45) is 6.19. The van der Waals surface area contributed by atoms with Crippen molar-refractivity contribution < 1.29 is 33.7 Å². The quantitative estimate of drug-likeness (QED) is 0.362. The molecule has 1 saturated heterocycles. The van der Waals surface area contributed by atoms with Crippen molar-refractivity contribution in [1.82, 2.24) is 0 Å². The first-order valence-electron chi connectivity index (χ1n) is 11.2. The van der Waals surface area contributed by atoms with Crippen LogP contribution in [0.3, 0.4) is 0 Å². The third-order valence-corrected chi connectivity index (χ3v) is 6.65. The average Bonchev–Trinajstić information content (AvgIpc) is 3.26. The smallest absolute Gasteiger partial charge is 0.309 e. The number of allylic oxidation sites excluding steroid dienone is 1. The second kappa shape index (κ2) is 11.8. The van der Waals surface area contributed by atoms with Gasteiger partial charge in [0.15, 0.2) is 0 Å². The zero-order valence-electron chi connectivity index (χ0n) is 18.3. The highest BCUT2D eigenvalue weighted by atomic mass is 19.1. The summed E-state index contributed by atoms with van der Waals surface area (Å²) in [5.41, 5.74) is 0. The van der Waals surface area contributed by atoms with Crippen LogP contribution in [0.4, 0.5) is 4.39 Å². The van der Waals surface area contributed by atoms with Gasteiger partial charge in [0, 0.05) is 0 Å². The molecule has 0 aromatic heterocycles. The van der Waals surface area contributed by atoms with Crippen molar-refractivity contribution in [3.63, 3.8) is 0 Å². The summed E-state index contributed by atoms with van der Waals surface area (Å²) in [6.45, 7) is 3.69. The van der Waals surface area contributed by atoms with Crippen LogP contribution in [-0.4, -0.2) is 53.7 Å². The van der Waals surface area contributed by atoms with Gasteiger partial charge in [0.25, 0.3) is 0 Å². The Balaban J connectivity index is 1.97. The number of fused-ring (bicyclic) bond motifs is 1. The van der Waals surface area contributed by atoms with Crippen LogP contribution in [0.1, 0.15) is 65.2 Å². The molecule has 1 unspecified atom stereocenters. The van der Waals surface area contributed by atoms with E-state index < -0.39 is 18.2 Å². The van der Waals surface area contributed by atoms with Crippen molar-refractivity contribution in [2.24, 2.45) is 23.7 Å². The topological polar surface area (TPSA) is 93.1 Å². The molecule has 1 heterocycles. The summed E-state index contributed by atoms with van der Waals surface area (Å²) < 4.78 is 25.2. The molecule has 2 N–H and O–H groups in total. The number of hydrogen-bond donors (Lipinski definition) is 2. The first-order valence-corrected chi connectivity index (χ1v) is 11.2. The van der Waals surface area contributed by atoms with Gasteiger partial charge >= 0.3 is 11.9 Å². The van der Waals surface area contributed by atoms with Gasteiger partial charge in [-0.15, -0.1) is 0 Å². The average molecular weight is 429 g/mol. The maximum atomic E-state index is 14.1. The maximum Gasteiger partial charge on any atom is 0.309 e. The van der Waals surface area contributed by atoms with E-state index in [-0.39, 0.29) is 41.8 Å². The minimum atomic E-state index is -1.31. The summed E-state index contributed by atoms with van der Waals surface area (Å²) in [5, 5.41) is 19.1. The predicted molar refractivity (Wildman–Crippen MR) is 111 cm³/mol. The Morgan fingerprint density at radius 2 is 2.00 bits per heavy atom. The number of aliphatic carboxylic acids is 1. The molecule has 0 amide bonds. The van der Waals surface area contributed by atoms with Gasteiger partial charge < -0.3 is 19.7 Å². The Morgan fingerprint density at radius 1 is 1.27 bits per heavy atom. The number of carbonyl (C=O) groups excluding carboxylic acids is 1. The highest BCUT2D eigenvalue weighted by Crippen LogP contribution is 2.48. The number of esters is 1. The zero-order chi connectivity index (χ0) is 22.3. The minimum absolute atomic E-state index is 0.0406. The van der Waals surface area contributed by atoms with Gasteiger partial charge in [-0.3, -0.25) is 9.59 Å². The van der Waals surface area contributed by atoms with Gasteiger partial charge in [-0.25, -0.2) is 4.39 Å². The molecule has 6 nitrogen and oxygen atoms in total. The second-order valence-corrected chi connectivity index (χ2v) is 8.84. The first kappa shape index (κ1) is 24.8. The van der Waals surface area contributed by atoms with E-state index >= 15 is 0 Å². The number of alkyl halides is 1. The number of hydrogen-bond acceptors (Lipinski definition) is 5. The number of carboxylic acids is 1. The molecule has 0 radical (unpaired) electrons. The fourth-order valence-electron chi connectivity index (χ4n) is 4.78. The molecule has 0 bridgehead atoms. The Kier molecular flexibility index (Phi) is 9.75. The highest BCUT2D eigenvalue weighted by molar-refractivity contribution is 5.73. The largest absolute Gasteiger partial charge is 0.481 e. The van der Waals surface area contributed by atoms with Crippen LogP contribution in [0.25, 0.3) is 0 Å². The number of carboxylic acid groups (broad SMARTS) is 1. The number of ether oxygens (including phenoxy) is 2. The molecule has 1 aliphatic heterocycles. The molecule has 2 fully saturated rings. The van der Waals surface area contributed by atoms with Crippen LogP contribution in [-0.2, 0) is 19.1 Å². The van der Waals surface area contributed by atoms with E-state index in [2.05, 4.69) is 0 Å². The van der Waals surface area contributed by atoms with E-state index in [0.717, 1.165) is 32.1 Å². The normalized spacial score (nSPS) is 31.4. The number of aliphatic hydroxyl groups excluding tert-OH is 1. The lowest BCUT2D eigenvalue weighted by atomic mass is 9.85. The van der Waals surface area contributed by atoms with E-state index in [0.29, 0.717) is 19.3 Å². The summed E-state index contributed by atoms with van der Waals surface area (Å²) >= 11 is 0. The van der Waals surface area contributed by atoms with Gasteiger partial charge in [-0.2, -0.15) is 0 Å². The number of halogens is 1. The Bertz CT molecular complexity index is 594. The second-order valence-electron chi connectivity index (χ2n) is 8.84. The lowest BCUT2D eigenvalue weighted by Crippen LogP contribution is -2.25. The lowest BCUT2D eigenvalue weighted by Gasteiger charge is -2.21. The van der Waals surface area contributed by atoms with Crippen LogP contribution in [0.15, 0.2) is 12.2 Å². The summed E-state index contributed by atoms with van der Waals surface area (Å²) in [4.78, 5) is 23.2. The first-order chi connectivity index (χ1) is 14.3. The molecule has 1 aliphatic carbocycles. The van der Waals surface area contributed by atoms with Crippen LogP contribution in [0, 0.1) is 23.7 Å². The van der Waals surface area contributed by atoms with Gasteiger partial charge in [0.05, 0.1) is 31.2 Å². The molecule has 30 heavy (non-hydrogen) atoms. The van der Waals surface area contributed by atoms with Crippen LogP contribution in [0.5, 0.6) is 0 Å². The van der Waals surface area contributed by atoms with E-state index in [1.54, 1.807) is 13.0 Å². The minimum Gasteiger partial charge on any atom is -0.481 e. The van der Waals surface area contributed by atoms with Crippen molar-refractivity contribution in [2.75, 3.05) is 7.11 Å². The van der Waals surface area contributed by atoms with Crippen molar-refractivity contribution >= 4 is 11.9 Å². The molecular formula is C23H37FO6. The number of aliphatic hydroxyl groups is 1. The molecule has 7 heteroatoms.